The van der Waals surface area contributed by atoms with Gasteiger partial charge in [0.05, 0.1) is 0 Å². The summed E-state index contributed by atoms with van der Waals surface area (Å²) in [5.41, 5.74) is 11.5. The molecule has 0 unspecified atom stereocenters. The molecule has 0 aliphatic heterocycles. The first kappa shape index (κ1) is 11.9. The number of benzene rings is 2. The van der Waals surface area contributed by atoms with Crippen LogP contribution in [-0.2, 0) is 6.42 Å². The fourth-order valence-electron chi connectivity index (χ4n) is 2.19. The SMILES string of the molecule is Cc1ccccc1C[C@H](N)c1ccccc1C. The third kappa shape index (κ3) is 2.75. The molecule has 88 valence electrons. The molecule has 0 amide bonds. The van der Waals surface area contributed by atoms with Gasteiger partial charge in [-0.2, -0.15) is 0 Å². The maximum absolute atomic E-state index is 6.30. The minimum absolute atomic E-state index is 0.0808. The summed E-state index contributed by atoms with van der Waals surface area (Å²) in [4.78, 5) is 0. The van der Waals surface area contributed by atoms with Crippen molar-refractivity contribution in [1.29, 1.82) is 0 Å². The first-order chi connectivity index (χ1) is 8.18. The minimum Gasteiger partial charge on any atom is -0.324 e. The first-order valence-electron chi connectivity index (χ1n) is 6.04. The minimum atomic E-state index is 0.0808. The summed E-state index contributed by atoms with van der Waals surface area (Å²) in [6.07, 6.45) is 0.900. The standard InChI is InChI=1S/C16H19N/c1-12-7-3-5-9-14(12)11-16(17)15-10-6-4-8-13(15)2/h3-10,16H,11,17H2,1-2H3/t16-/m0/s1. The van der Waals surface area contributed by atoms with Gasteiger partial charge in [0.15, 0.2) is 0 Å². The van der Waals surface area contributed by atoms with Gasteiger partial charge in [0.25, 0.3) is 0 Å². The Hall–Kier alpha value is -1.60. The predicted molar refractivity (Wildman–Crippen MR) is 73.0 cm³/mol. The fourth-order valence-corrected chi connectivity index (χ4v) is 2.19. The third-order valence-corrected chi connectivity index (χ3v) is 3.29. The molecule has 17 heavy (non-hydrogen) atoms. The second-order valence-corrected chi connectivity index (χ2v) is 4.59. The van der Waals surface area contributed by atoms with Crippen LogP contribution in [0.3, 0.4) is 0 Å². The summed E-state index contributed by atoms with van der Waals surface area (Å²) < 4.78 is 0. The van der Waals surface area contributed by atoms with Gasteiger partial charge < -0.3 is 5.73 Å². The summed E-state index contributed by atoms with van der Waals surface area (Å²) in [6, 6.07) is 16.9. The van der Waals surface area contributed by atoms with E-state index in [1.54, 1.807) is 0 Å². The van der Waals surface area contributed by atoms with Crippen LogP contribution in [0.25, 0.3) is 0 Å². The molecule has 2 rings (SSSR count). The maximum atomic E-state index is 6.30. The molecule has 1 atom stereocenters. The van der Waals surface area contributed by atoms with Gasteiger partial charge in [0.2, 0.25) is 0 Å². The molecule has 0 aromatic heterocycles. The molecule has 0 spiro atoms. The van der Waals surface area contributed by atoms with E-state index in [1.165, 1.54) is 22.3 Å². The van der Waals surface area contributed by atoms with E-state index in [1.807, 2.05) is 0 Å². The van der Waals surface area contributed by atoms with Crippen molar-refractivity contribution >= 4 is 0 Å². The average molecular weight is 225 g/mol. The Morgan fingerprint density at radius 3 is 2.12 bits per heavy atom. The lowest BCUT2D eigenvalue weighted by Gasteiger charge is -2.16. The van der Waals surface area contributed by atoms with Crippen molar-refractivity contribution in [2.45, 2.75) is 26.3 Å². The maximum Gasteiger partial charge on any atom is 0.0338 e. The van der Waals surface area contributed by atoms with Crippen LogP contribution in [0, 0.1) is 13.8 Å². The van der Waals surface area contributed by atoms with Gasteiger partial charge in [-0.1, -0.05) is 48.5 Å². The number of hydrogen-bond acceptors (Lipinski definition) is 1. The van der Waals surface area contributed by atoms with Gasteiger partial charge in [-0.15, -0.1) is 0 Å². The van der Waals surface area contributed by atoms with Crippen molar-refractivity contribution in [1.82, 2.24) is 0 Å². The molecule has 0 saturated heterocycles. The second-order valence-electron chi connectivity index (χ2n) is 4.59. The quantitative estimate of drug-likeness (QED) is 0.849. The highest BCUT2D eigenvalue weighted by atomic mass is 14.6. The predicted octanol–water partition coefficient (Wildman–Crippen LogP) is 3.55. The molecule has 0 saturated carbocycles. The molecule has 0 bridgehead atoms. The highest BCUT2D eigenvalue weighted by molar-refractivity contribution is 5.32. The van der Waals surface area contributed by atoms with Crippen LogP contribution < -0.4 is 5.73 Å². The Kier molecular flexibility index (Phi) is 3.60. The molecule has 0 heterocycles. The molecule has 1 nitrogen and oxygen atoms in total. The second kappa shape index (κ2) is 5.15. The fraction of sp³-hybridized carbons (Fsp3) is 0.250. The van der Waals surface area contributed by atoms with E-state index < -0.39 is 0 Å². The van der Waals surface area contributed by atoms with E-state index in [0.29, 0.717) is 0 Å². The summed E-state index contributed by atoms with van der Waals surface area (Å²) in [5, 5.41) is 0. The number of hydrogen-bond donors (Lipinski definition) is 1. The first-order valence-corrected chi connectivity index (χ1v) is 6.04. The van der Waals surface area contributed by atoms with E-state index in [-0.39, 0.29) is 6.04 Å². The monoisotopic (exact) mass is 225 g/mol. The average Bonchev–Trinajstić information content (AvgIpc) is 2.32. The van der Waals surface area contributed by atoms with Crippen molar-refractivity contribution in [3.63, 3.8) is 0 Å². The normalized spacial score (nSPS) is 12.4. The van der Waals surface area contributed by atoms with E-state index in [2.05, 4.69) is 62.4 Å². The van der Waals surface area contributed by atoms with Crippen LogP contribution >= 0.6 is 0 Å². The summed E-state index contributed by atoms with van der Waals surface area (Å²) in [6.45, 7) is 4.26. The van der Waals surface area contributed by atoms with Crippen molar-refractivity contribution < 1.29 is 0 Å². The number of aryl methyl sites for hydroxylation is 2. The largest absolute Gasteiger partial charge is 0.324 e. The van der Waals surface area contributed by atoms with Crippen LogP contribution in [0.4, 0.5) is 0 Å². The summed E-state index contributed by atoms with van der Waals surface area (Å²) in [5.74, 6) is 0. The molecular formula is C16H19N. The zero-order valence-corrected chi connectivity index (χ0v) is 10.5. The zero-order chi connectivity index (χ0) is 12.3. The van der Waals surface area contributed by atoms with Crippen LogP contribution in [0.2, 0.25) is 0 Å². The molecule has 2 N–H and O–H groups in total. The Labute approximate surface area is 103 Å². The van der Waals surface area contributed by atoms with Gasteiger partial charge in [0, 0.05) is 6.04 Å². The molecule has 1 heteroatoms. The highest BCUT2D eigenvalue weighted by Crippen LogP contribution is 2.20. The number of rotatable bonds is 3. The molecule has 2 aromatic carbocycles. The van der Waals surface area contributed by atoms with Crippen molar-refractivity contribution in [2.75, 3.05) is 0 Å². The Morgan fingerprint density at radius 2 is 1.47 bits per heavy atom. The topological polar surface area (TPSA) is 26.0 Å². The van der Waals surface area contributed by atoms with E-state index >= 15 is 0 Å². The lowest BCUT2D eigenvalue weighted by atomic mass is 9.94. The molecule has 0 radical (unpaired) electrons. The van der Waals surface area contributed by atoms with Gasteiger partial charge in [-0.3, -0.25) is 0 Å². The highest BCUT2D eigenvalue weighted by Gasteiger charge is 2.10. The molecular weight excluding hydrogens is 206 g/mol. The van der Waals surface area contributed by atoms with Gasteiger partial charge in [0.1, 0.15) is 0 Å². The smallest absolute Gasteiger partial charge is 0.0338 e. The summed E-state index contributed by atoms with van der Waals surface area (Å²) >= 11 is 0. The summed E-state index contributed by atoms with van der Waals surface area (Å²) in [7, 11) is 0. The zero-order valence-electron chi connectivity index (χ0n) is 10.5. The van der Waals surface area contributed by atoms with Crippen LogP contribution in [0.1, 0.15) is 28.3 Å². The van der Waals surface area contributed by atoms with Crippen LogP contribution in [-0.4, -0.2) is 0 Å². The molecule has 0 aliphatic rings. The Morgan fingerprint density at radius 1 is 0.882 bits per heavy atom. The number of nitrogens with two attached hydrogens (primary N) is 1. The van der Waals surface area contributed by atoms with E-state index in [9.17, 15) is 0 Å². The molecule has 0 aliphatic carbocycles. The van der Waals surface area contributed by atoms with Gasteiger partial charge in [-0.05, 0) is 42.5 Å². The lowest BCUT2D eigenvalue weighted by molar-refractivity contribution is 0.714. The van der Waals surface area contributed by atoms with E-state index in [0.717, 1.165) is 6.42 Å². The van der Waals surface area contributed by atoms with Gasteiger partial charge in [-0.25, -0.2) is 0 Å². The lowest BCUT2D eigenvalue weighted by Crippen LogP contribution is -2.15. The van der Waals surface area contributed by atoms with Crippen molar-refractivity contribution in [3.05, 3.63) is 70.8 Å². The van der Waals surface area contributed by atoms with Crippen molar-refractivity contribution in [3.8, 4) is 0 Å². The Balaban J connectivity index is 2.20. The van der Waals surface area contributed by atoms with Crippen LogP contribution in [0.15, 0.2) is 48.5 Å². The van der Waals surface area contributed by atoms with Gasteiger partial charge >= 0.3 is 0 Å². The molecule has 0 fully saturated rings. The van der Waals surface area contributed by atoms with Crippen LogP contribution in [0.5, 0.6) is 0 Å². The third-order valence-electron chi connectivity index (χ3n) is 3.29. The van der Waals surface area contributed by atoms with E-state index in [4.69, 9.17) is 5.73 Å². The Bertz CT molecular complexity index is 502. The van der Waals surface area contributed by atoms with Crippen molar-refractivity contribution in [2.24, 2.45) is 5.73 Å². The molecule has 2 aromatic rings.